The van der Waals surface area contributed by atoms with Crippen molar-refractivity contribution in [2.24, 2.45) is 0 Å². The highest BCUT2D eigenvalue weighted by Crippen LogP contribution is 2.23. The number of rotatable bonds is 3. The summed E-state index contributed by atoms with van der Waals surface area (Å²) >= 11 is 0. The molecule has 0 amide bonds. The van der Waals surface area contributed by atoms with Gasteiger partial charge in [-0.15, -0.1) is 0 Å². The number of benzene rings is 2. The van der Waals surface area contributed by atoms with Gasteiger partial charge >= 0.3 is 0 Å². The van der Waals surface area contributed by atoms with Crippen LogP contribution in [-0.2, 0) is 0 Å². The average Bonchev–Trinajstić information content (AvgIpc) is 2.38. The Hall–Kier alpha value is -2.42. The lowest BCUT2D eigenvalue weighted by molar-refractivity contribution is 0.0989. The third-order valence-electron chi connectivity index (χ3n) is 2.95. The van der Waals surface area contributed by atoms with Crippen molar-refractivity contribution in [3.05, 3.63) is 64.7 Å². The lowest BCUT2D eigenvalue weighted by Crippen LogP contribution is -2.08. The van der Waals surface area contributed by atoms with Crippen molar-refractivity contribution in [2.75, 3.05) is 0 Å². The van der Waals surface area contributed by atoms with E-state index >= 15 is 0 Å². The van der Waals surface area contributed by atoms with Crippen LogP contribution >= 0.6 is 0 Å². The molecule has 0 spiro atoms. The maximum atomic E-state index is 12.4. The second-order valence-corrected chi connectivity index (χ2v) is 4.45. The Bertz CT molecular complexity index is 657. The van der Waals surface area contributed by atoms with E-state index in [-0.39, 0.29) is 22.9 Å². The zero-order valence-corrected chi connectivity index (χ0v) is 10.8. The van der Waals surface area contributed by atoms with Crippen LogP contribution in [0.2, 0.25) is 0 Å². The van der Waals surface area contributed by atoms with Gasteiger partial charge in [0.1, 0.15) is 5.75 Å². The van der Waals surface area contributed by atoms with E-state index in [1.165, 1.54) is 13.0 Å². The van der Waals surface area contributed by atoms with Crippen molar-refractivity contribution in [3.8, 4) is 5.75 Å². The summed E-state index contributed by atoms with van der Waals surface area (Å²) in [6.45, 7) is 3.25. The van der Waals surface area contributed by atoms with Gasteiger partial charge in [0.25, 0.3) is 0 Å². The van der Waals surface area contributed by atoms with Gasteiger partial charge in [0.05, 0.1) is 5.56 Å². The van der Waals surface area contributed by atoms with Gasteiger partial charge in [-0.3, -0.25) is 9.59 Å². The average molecular weight is 254 g/mol. The van der Waals surface area contributed by atoms with Crippen LogP contribution in [0.15, 0.2) is 42.5 Å². The molecule has 0 saturated carbocycles. The molecule has 3 heteroatoms. The van der Waals surface area contributed by atoms with Gasteiger partial charge in [0.15, 0.2) is 11.6 Å². The van der Waals surface area contributed by atoms with Gasteiger partial charge in [-0.25, -0.2) is 0 Å². The first-order valence-electron chi connectivity index (χ1n) is 5.95. The Morgan fingerprint density at radius 2 is 1.58 bits per heavy atom. The Balaban J connectivity index is 2.53. The minimum Gasteiger partial charge on any atom is -0.507 e. The van der Waals surface area contributed by atoms with Crippen molar-refractivity contribution in [1.82, 2.24) is 0 Å². The summed E-state index contributed by atoms with van der Waals surface area (Å²) in [4.78, 5) is 23.9. The first-order chi connectivity index (χ1) is 9.00. The van der Waals surface area contributed by atoms with E-state index in [9.17, 15) is 14.7 Å². The number of ketones is 2. The molecule has 2 aromatic carbocycles. The molecule has 19 heavy (non-hydrogen) atoms. The topological polar surface area (TPSA) is 54.4 Å². The van der Waals surface area contributed by atoms with Crippen LogP contribution in [-0.4, -0.2) is 16.7 Å². The molecule has 0 aliphatic heterocycles. The quantitative estimate of drug-likeness (QED) is 0.856. The van der Waals surface area contributed by atoms with E-state index < -0.39 is 0 Å². The number of hydrogen-bond acceptors (Lipinski definition) is 3. The van der Waals surface area contributed by atoms with Gasteiger partial charge in [-0.05, 0) is 31.5 Å². The predicted molar refractivity (Wildman–Crippen MR) is 72.7 cm³/mol. The minimum absolute atomic E-state index is 0.0663. The van der Waals surface area contributed by atoms with Crippen molar-refractivity contribution in [3.63, 3.8) is 0 Å². The number of hydrogen-bond donors (Lipinski definition) is 1. The molecule has 0 saturated heterocycles. The summed E-state index contributed by atoms with van der Waals surface area (Å²) in [5.41, 5.74) is 1.76. The molecule has 0 aromatic heterocycles. The van der Waals surface area contributed by atoms with Crippen molar-refractivity contribution in [2.45, 2.75) is 13.8 Å². The molecule has 1 N–H and O–H groups in total. The Labute approximate surface area is 111 Å². The van der Waals surface area contributed by atoms with Gasteiger partial charge in [-0.2, -0.15) is 0 Å². The molecule has 0 heterocycles. The zero-order valence-electron chi connectivity index (χ0n) is 10.8. The third-order valence-corrected chi connectivity index (χ3v) is 2.95. The molecular weight excluding hydrogens is 240 g/mol. The summed E-state index contributed by atoms with van der Waals surface area (Å²) in [6.07, 6.45) is 0. The Morgan fingerprint density at radius 1 is 0.947 bits per heavy atom. The SMILES string of the molecule is CC(=O)c1ccccc1C(=O)c1ccc(C)cc1O. The summed E-state index contributed by atoms with van der Waals surface area (Å²) in [5, 5.41) is 9.85. The van der Waals surface area contributed by atoms with Gasteiger partial charge in [0.2, 0.25) is 0 Å². The lowest BCUT2D eigenvalue weighted by atomic mass is 9.95. The number of aryl methyl sites for hydroxylation is 1. The van der Waals surface area contributed by atoms with E-state index in [0.29, 0.717) is 11.1 Å². The lowest BCUT2D eigenvalue weighted by Gasteiger charge is -2.08. The monoisotopic (exact) mass is 254 g/mol. The van der Waals surface area contributed by atoms with Crippen molar-refractivity contribution >= 4 is 11.6 Å². The molecule has 0 unspecified atom stereocenters. The van der Waals surface area contributed by atoms with E-state index in [1.54, 1.807) is 36.4 Å². The third kappa shape index (κ3) is 2.55. The highest BCUT2D eigenvalue weighted by molar-refractivity contribution is 6.16. The molecule has 0 fully saturated rings. The van der Waals surface area contributed by atoms with E-state index in [1.807, 2.05) is 6.92 Å². The fraction of sp³-hybridized carbons (Fsp3) is 0.125. The van der Waals surface area contributed by atoms with Crippen molar-refractivity contribution in [1.29, 1.82) is 0 Å². The smallest absolute Gasteiger partial charge is 0.197 e. The molecule has 0 radical (unpaired) electrons. The van der Waals surface area contributed by atoms with Gasteiger partial charge in [-0.1, -0.05) is 30.3 Å². The van der Waals surface area contributed by atoms with Crippen LogP contribution in [0.3, 0.4) is 0 Å². The number of phenolic OH excluding ortho intramolecular Hbond substituents is 1. The Morgan fingerprint density at radius 3 is 2.16 bits per heavy atom. The van der Waals surface area contributed by atoms with Crippen LogP contribution in [0.25, 0.3) is 0 Å². The zero-order chi connectivity index (χ0) is 14.0. The fourth-order valence-electron chi connectivity index (χ4n) is 1.97. The van der Waals surface area contributed by atoms with E-state index in [4.69, 9.17) is 0 Å². The fourth-order valence-corrected chi connectivity index (χ4v) is 1.97. The molecule has 0 aliphatic carbocycles. The molecule has 2 aromatic rings. The van der Waals surface area contributed by atoms with Crippen LogP contribution in [0, 0.1) is 6.92 Å². The van der Waals surface area contributed by atoms with Crippen LogP contribution < -0.4 is 0 Å². The predicted octanol–water partition coefficient (Wildman–Crippen LogP) is 3.13. The molecule has 0 aliphatic rings. The number of phenols is 1. The van der Waals surface area contributed by atoms with Gasteiger partial charge in [0, 0.05) is 11.1 Å². The number of carbonyl (C=O) groups is 2. The molecule has 96 valence electrons. The molecule has 3 nitrogen and oxygen atoms in total. The minimum atomic E-state index is -0.344. The number of carbonyl (C=O) groups excluding carboxylic acids is 2. The first kappa shape index (κ1) is 13.0. The molecule has 0 atom stereocenters. The first-order valence-corrected chi connectivity index (χ1v) is 5.95. The van der Waals surface area contributed by atoms with Crippen molar-refractivity contribution < 1.29 is 14.7 Å². The Kier molecular flexibility index (Phi) is 3.47. The summed E-state index contributed by atoms with van der Waals surface area (Å²) in [5.74, 6) is -0.581. The summed E-state index contributed by atoms with van der Waals surface area (Å²) < 4.78 is 0. The van der Waals surface area contributed by atoms with Crippen LogP contribution in [0.1, 0.15) is 38.8 Å². The molecular formula is C16H14O3. The van der Waals surface area contributed by atoms with Gasteiger partial charge < -0.3 is 5.11 Å². The second-order valence-electron chi connectivity index (χ2n) is 4.45. The summed E-state index contributed by atoms with van der Waals surface area (Å²) in [6, 6.07) is 11.5. The maximum Gasteiger partial charge on any atom is 0.197 e. The van der Waals surface area contributed by atoms with E-state index in [2.05, 4.69) is 0 Å². The second kappa shape index (κ2) is 5.06. The van der Waals surface area contributed by atoms with Crippen LogP contribution in [0.4, 0.5) is 0 Å². The number of aromatic hydroxyl groups is 1. The highest BCUT2D eigenvalue weighted by Gasteiger charge is 2.18. The number of Topliss-reactive ketones (excluding diaryl/α,β-unsaturated/α-hetero) is 1. The standard InChI is InChI=1S/C16H14O3/c1-10-7-8-14(15(18)9-10)16(19)13-6-4-3-5-12(13)11(2)17/h3-9,18H,1-2H3. The summed E-state index contributed by atoms with van der Waals surface area (Å²) in [7, 11) is 0. The maximum absolute atomic E-state index is 12.4. The highest BCUT2D eigenvalue weighted by atomic mass is 16.3. The molecule has 0 bridgehead atoms. The van der Waals surface area contributed by atoms with Crippen LogP contribution in [0.5, 0.6) is 5.75 Å². The largest absolute Gasteiger partial charge is 0.507 e. The normalized spacial score (nSPS) is 10.2. The molecule has 2 rings (SSSR count). The van der Waals surface area contributed by atoms with E-state index in [0.717, 1.165) is 5.56 Å².